The van der Waals surface area contributed by atoms with Gasteiger partial charge in [0.15, 0.2) is 0 Å². The number of hydrogen-bond acceptors (Lipinski definition) is 1. The Kier molecular flexibility index (Phi) is 7.75. The van der Waals surface area contributed by atoms with Crippen molar-refractivity contribution in [3.63, 3.8) is 0 Å². The highest BCUT2D eigenvalue weighted by Gasteiger charge is 2.18. The van der Waals surface area contributed by atoms with Crippen molar-refractivity contribution in [1.82, 2.24) is 9.13 Å². The summed E-state index contributed by atoms with van der Waals surface area (Å²) in [6.07, 6.45) is 2.21. The number of rotatable bonds is 6. The second-order valence-corrected chi connectivity index (χ2v) is 16.3. The topological polar surface area (TPSA) is 9.86 Å². The molecule has 0 N–H and O–H groups in total. The number of hydrogen-bond donors (Lipinski definition) is 0. The van der Waals surface area contributed by atoms with Gasteiger partial charge in [-0.3, -0.25) is 0 Å². The van der Waals surface area contributed by atoms with Crippen molar-refractivity contribution in [2.75, 3.05) is 0 Å². The quantitative estimate of drug-likeness (QED) is 0.159. The summed E-state index contributed by atoms with van der Waals surface area (Å²) in [6, 6.07) is 77.4. The Labute approximate surface area is 346 Å². The van der Waals surface area contributed by atoms with Gasteiger partial charge in [-0.15, -0.1) is 11.3 Å². The Bertz CT molecular complexity index is 3500. The van der Waals surface area contributed by atoms with E-state index in [1.165, 1.54) is 97.4 Å². The Hall–Kier alpha value is -7.46. The number of fused-ring (bicyclic) bond motifs is 8. The van der Waals surface area contributed by atoms with Gasteiger partial charge in [-0.2, -0.15) is 0 Å². The molecule has 0 spiro atoms. The molecule has 12 aromatic rings. The van der Waals surface area contributed by atoms with Gasteiger partial charge in [0.25, 0.3) is 0 Å². The Morgan fingerprint density at radius 2 is 0.780 bits per heavy atom. The molecule has 12 rings (SSSR count). The summed E-state index contributed by atoms with van der Waals surface area (Å²) in [4.78, 5) is 0. The number of thiophene rings is 1. The fourth-order valence-electron chi connectivity index (χ4n) is 9.15. The third-order valence-electron chi connectivity index (χ3n) is 12.0. The van der Waals surface area contributed by atoms with Crippen LogP contribution in [-0.2, 0) is 0 Å². The fourth-order valence-corrected chi connectivity index (χ4v) is 10.5. The minimum atomic E-state index is 1.15. The molecule has 0 radical (unpaired) electrons. The second-order valence-electron chi connectivity index (χ2n) is 15.3. The lowest BCUT2D eigenvalue weighted by molar-refractivity contribution is 1.13. The maximum atomic E-state index is 2.45. The van der Waals surface area contributed by atoms with Gasteiger partial charge in [0.2, 0.25) is 0 Å². The highest BCUT2D eigenvalue weighted by molar-refractivity contribution is 7.26. The molecule has 0 bridgehead atoms. The van der Waals surface area contributed by atoms with Gasteiger partial charge in [-0.1, -0.05) is 170 Å². The molecular formula is C56H36N2S. The molecule has 276 valence electrons. The minimum absolute atomic E-state index is 1.15. The summed E-state index contributed by atoms with van der Waals surface area (Å²) in [5.41, 5.74) is 15.8. The van der Waals surface area contributed by atoms with Gasteiger partial charge >= 0.3 is 0 Å². The van der Waals surface area contributed by atoms with Gasteiger partial charge in [0.1, 0.15) is 0 Å². The third-order valence-corrected chi connectivity index (χ3v) is 13.3. The molecule has 0 atom stereocenters. The summed E-state index contributed by atoms with van der Waals surface area (Å²) in [5.74, 6) is 0. The summed E-state index contributed by atoms with van der Waals surface area (Å²) >= 11 is 1.90. The summed E-state index contributed by atoms with van der Waals surface area (Å²) in [5, 5.41) is 6.36. The van der Waals surface area contributed by atoms with Crippen LogP contribution >= 0.6 is 11.3 Å². The molecular weight excluding hydrogens is 733 g/mol. The van der Waals surface area contributed by atoms with Crippen molar-refractivity contribution in [2.45, 2.75) is 0 Å². The molecule has 0 fully saturated rings. The van der Waals surface area contributed by atoms with E-state index in [4.69, 9.17) is 0 Å². The molecule has 2 nitrogen and oxygen atoms in total. The number of aromatic nitrogens is 2. The first-order chi connectivity index (χ1) is 29.3. The van der Waals surface area contributed by atoms with Crippen molar-refractivity contribution in [1.29, 1.82) is 0 Å². The third kappa shape index (κ3) is 5.47. The van der Waals surface area contributed by atoms with Crippen molar-refractivity contribution in [3.05, 3.63) is 219 Å². The van der Waals surface area contributed by atoms with E-state index in [1.807, 2.05) is 11.3 Å². The highest BCUT2D eigenvalue weighted by atomic mass is 32.1. The standard InChI is InChI=1S/C56H36N2S/c1-3-11-37(12-4-1)39-21-23-41(24-22-39)45-16-9-18-49-50-19-10-17-46(56(50)59-55(45)49)42-27-31-44(32-28-42)58-53-20-8-7-15-47(53)48-33-34-52-51(54(48)58)35-36-57(52)43-29-25-40(26-30-43)38-13-5-2-6-14-38/h1-36H. The summed E-state index contributed by atoms with van der Waals surface area (Å²) < 4.78 is 7.41. The lowest BCUT2D eigenvalue weighted by Gasteiger charge is -2.11. The molecule has 3 heterocycles. The Morgan fingerprint density at radius 1 is 0.288 bits per heavy atom. The first-order valence-electron chi connectivity index (χ1n) is 20.2. The van der Waals surface area contributed by atoms with Crippen molar-refractivity contribution in [3.8, 4) is 55.9 Å². The average Bonchev–Trinajstić information content (AvgIpc) is 4.02. The predicted molar refractivity (Wildman–Crippen MR) is 252 cm³/mol. The minimum Gasteiger partial charge on any atom is -0.316 e. The van der Waals surface area contributed by atoms with Crippen LogP contribution in [-0.4, -0.2) is 9.13 Å². The van der Waals surface area contributed by atoms with E-state index in [-0.39, 0.29) is 0 Å². The monoisotopic (exact) mass is 768 g/mol. The maximum Gasteiger partial charge on any atom is 0.0635 e. The Balaban J connectivity index is 0.943. The molecule has 59 heavy (non-hydrogen) atoms. The maximum absolute atomic E-state index is 2.45. The highest BCUT2D eigenvalue weighted by Crippen LogP contribution is 2.45. The lowest BCUT2D eigenvalue weighted by atomic mass is 9.98. The zero-order valence-electron chi connectivity index (χ0n) is 32.1. The first kappa shape index (κ1) is 33.7. The van der Waals surface area contributed by atoms with Gasteiger partial charge in [0, 0.05) is 53.9 Å². The van der Waals surface area contributed by atoms with E-state index in [0.717, 1.165) is 11.4 Å². The van der Waals surface area contributed by atoms with Crippen molar-refractivity contribution in [2.24, 2.45) is 0 Å². The van der Waals surface area contributed by atoms with E-state index >= 15 is 0 Å². The van der Waals surface area contributed by atoms with Crippen molar-refractivity contribution >= 4 is 64.2 Å². The number of nitrogens with zero attached hydrogens (tertiary/aromatic N) is 2. The van der Waals surface area contributed by atoms with E-state index in [0.29, 0.717) is 0 Å². The fraction of sp³-hybridized carbons (Fsp3) is 0. The van der Waals surface area contributed by atoms with Crippen LogP contribution < -0.4 is 0 Å². The van der Waals surface area contributed by atoms with Crippen LogP contribution in [0.1, 0.15) is 0 Å². The molecule has 9 aromatic carbocycles. The molecule has 0 saturated carbocycles. The lowest BCUT2D eigenvalue weighted by Crippen LogP contribution is -1.95. The molecule has 0 aliphatic heterocycles. The van der Waals surface area contributed by atoms with Crippen LogP contribution in [0, 0.1) is 0 Å². The molecule has 0 amide bonds. The van der Waals surface area contributed by atoms with E-state index in [1.54, 1.807) is 0 Å². The summed E-state index contributed by atoms with van der Waals surface area (Å²) in [7, 11) is 0. The van der Waals surface area contributed by atoms with Crippen LogP contribution in [0.5, 0.6) is 0 Å². The second kappa shape index (κ2) is 13.6. The van der Waals surface area contributed by atoms with Gasteiger partial charge in [-0.25, -0.2) is 0 Å². The number of benzene rings is 9. The van der Waals surface area contributed by atoms with Crippen LogP contribution in [0.25, 0.3) is 109 Å². The first-order valence-corrected chi connectivity index (χ1v) is 21.0. The smallest absolute Gasteiger partial charge is 0.0635 e. The molecule has 3 heteroatoms. The van der Waals surface area contributed by atoms with E-state index in [2.05, 4.69) is 228 Å². The predicted octanol–water partition coefficient (Wildman–Crippen LogP) is 15.8. The Morgan fingerprint density at radius 3 is 1.41 bits per heavy atom. The van der Waals surface area contributed by atoms with Crippen LogP contribution in [0.2, 0.25) is 0 Å². The van der Waals surface area contributed by atoms with E-state index in [9.17, 15) is 0 Å². The molecule has 0 saturated heterocycles. The van der Waals surface area contributed by atoms with Crippen molar-refractivity contribution < 1.29 is 0 Å². The molecule has 0 aliphatic rings. The zero-order chi connectivity index (χ0) is 38.9. The molecule has 3 aromatic heterocycles. The normalized spacial score (nSPS) is 11.7. The van der Waals surface area contributed by atoms with Crippen LogP contribution in [0.15, 0.2) is 219 Å². The van der Waals surface area contributed by atoms with E-state index < -0.39 is 0 Å². The van der Waals surface area contributed by atoms with Crippen LogP contribution in [0.3, 0.4) is 0 Å². The molecule has 0 aliphatic carbocycles. The van der Waals surface area contributed by atoms with Crippen LogP contribution in [0.4, 0.5) is 0 Å². The van der Waals surface area contributed by atoms with Gasteiger partial charge < -0.3 is 9.13 Å². The largest absolute Gasteiger partial charge is 0.316 e. The van der Waals surface area contributed by atoms with Gasteiger partial charge in [0.05, 0.1) is 16.6 Å². The van der Waals surface area contributed by atoms with Gasteiger partial charge in [-0.05, 0) is 87.0 Å². The summed E-state index contributed by atoms with van der Waals surface area (Å²) in [6.45, 7) is 0. The average molecular weight is 769 g/mol. The molecule has 0 unspecified atom stereocenters. The SMILES string of the molecule is c1ccc(-c2ccc(-c3cccc4c3sc3c(-c5ccc(-n6c7ccccc7c7ccc8c(ccn8-c8ccc(-c9ccccc9)cc8)c76)cc5)cccc34)cc2)cc1. The number of para-hydroxylation sites is 1. The zero-order valence-corrected chi connectivity index (χ0v) is 32.9.